The lowest BCUT2D eigenvalue weighted by Gasteiger charge is -1.87. The van der Waals surface area contributed by atoms with Gasteiger partial charge in [-0.2, -0.15) is 0 Å². The van der Waals surface area contributed by atoms with Crippen molar-refractivity contribution in [2.45, 2.75) is 25.7 Å². The monoisotopic (exact) mass is 118 g/mol. The van der Waals surface area contributed by atoms with Gasteiger partial charge in [0.05, 0.1) is 0 Å². The highest BCUT2D eigenvalue weighted by Crippen LogP contribution is 2.78. The van der Waals surface area contributed by atoms with E-state index in [0.29, 0.717) is 5.92 Å². The molecule has 2 saturated carbocycles. The summed E-state index contributed by atoms with van der Waals surface area (Å²) in [4.78, 5) is 0. The summed E-state index contributed by atoms with van der Waals surface area (Å²) in [6.45, 7) is 1.90. The second kappa shape index (κ2) is 0.829. The third-order valence-electron chi connectivity index (χ3n) is 2.59. The molecule has 2 aliphatic carbocycles. The summed E-state index contributed by atoms with van der Waals surface area (Å²) in [6, 6.07) is 0. The molecule has 0 saturated heterocycles. The predicted molar refractivity (Wildman–Crippen MR) is 25.8 cm³/mol. The van der Waals surface area contributed by atoms with Gasteiger partial charge in [-0.25, -0.2) is 8.78 Å². The maximum atomic E-state index is 12.2. The van der Waals surface area contributed by atoms with Crippen LogP contribution < -0.4 is 0 Å². The first-order valence-electron chi connectivity index (χ1n) is 2.96. The van der Waals surface area contributed by atoms with Crippen LogP contribution in [0.2, 0.25) is 0 Å². The van der Waals surface area contributed by atoms with Crippen LogP contribution in [0.4, 0.5) is 8.78 Å². The molecule has 8 heavy (non-hydrogen) atoms. The van der Waals surface area contributed by atoms with Gasteiger partial charge in [-0.05, 0) is 12.3 Å². The van der Waals surface area contributed by atoms with Crippen LogP contribution >= 0.6 is 0 Å². The molecule has 0 amide bonds. The van der Waals surface area contributed by atoms with E-state index in [0.717, 1.165) is 6.42 Å². The van der Waals surface area contributed by atoms with E-state index in [1.807, 2.05) is 6.92 Å². The molecule has 2 heteroatoms. The molecule has 0 nitrogen and oxygen atoms in total. The third kappa shape index (κ3) is 0.290. The van der Waals surface area contributed by atoms with Gasteiger partial charge in [0.2, 0.25) is 0 Å². The molecular weight excluding hydrogens is 110 g/mol. The van der Waals surface area contributed by atoms with Crippen LogP contribution in [0.25, 0.3) is 0 Å². The molecular formula is C6H8F2. The van der Waals surface area contributed by atoms with Crippen molar-refractivity contribution in [2.75, 3.05) is 0 Å². The van der Waals surface area contributed by atoms with E-state index in [1.54, 1.807) is 0 Å². The van der Waals surface area contributed by atoms with Crippen molar-refractivity contribution < 1.29 is 8.78 Å². The lowest BCUT2D eigenvalue weighted by atomic mass is 10.3. The number of halogens is 2. The van der Waals surface area contributed by atoms with Crippen molar-refractivity contribution in [3.63, 3.8) is 0 Å². The first kappa shape index (κ1) is 4.71. The van der Waals surface area contributed by atoms with E-state index in [9.17, 15) is 8.78 Å². The van der Waals surface area contributed by atoms with Crippen molar-refractivity contribution in [3.05, 3.63) is 0 Å². The molecule has 2 rings (SSSR count). The van der Waals surface area contributed by atoms with Gasteiger partial charge in [-0.1, -0.05) is 6.92 Å². The number of hydrogen-bond acceptors (Lipinski definition) is 0. The van der Waals surface area contributed by atoms with Gasteiger partial charge in [-0.15, -0.1) is 0 Å². The Morgan fingerprint density at radius 1 is 1.50 bits per heavy atom. The minimum atomic E-state index is -2.27. The van der Waals surface area contributed by atoms with Crippen LogP contribution in [0.3, 0.4) is 0 Å². The molecule has 0 aromatic rings. The second-order valence-corrected chi connectivity index (χ2v) is 3.14. The standard InChI is InChI=1S/C6H8F2/c1-4-2-5(4)3-6(5,7)8/h4H,2-3H2,1H3. The molecule has 1 spiro atoms. The van der Waals surface area contributed by atoms with Gasteiger partial charge >= 0.3 is 0 Å². The SMILES string of the molecule is CC1CC12CC2(F)F. The first-order chi connectivity index (χ1) is 3.58. The average molecular weight is 118 g/mol. The Balaban J connectivity index is 2.17. The summed E-state index contributed by atoms with van der Waals surface area (Å²) in [5.41, 5.74) is -0.479. The van der Waals surface area contributed by atoms with Gasteiger partial charge in [-0.3, -0.25) is 0 Å². The zero-order chi connectivity index (χ0) is 5.99. The van der Waals surface area contributed by atoms with Gasteiger partial charge in [0.25, 0.3) is 5.92 Å². The summed E-state index contributed by atoms with van der Waals surface area (Å²) in [7, 11) is 0. The molecule has 0 aliphatic heterocycles. The van der Waals surface area contributed by atoms with E-state index >= 15 is 0 Å². The Labute approximate surface area is 46.9 Å². The summed E-state index contributed by atoms with van der Waals surface area (Å²) in [5.74, 6) is -1.97. The predicted octanol–water partition coefficient (Wildman–Crippen LogP) is 2.05. The number of alkyl halides is 2. The second-order valence-electron chi connectivity index (χ2n) is 3.14. The minimum absolute atomic E-state index is 0.168. The molecule has 46 valence electrons. The van der Waals surface area contributed by atoms with Crippen LogP contribution in [0, 0.1) is 11.3 Å². The first-order valence-corrected chi connectivity index (χ1v) is 2.96. The van der Waals surface area contributed by atoms with Gasteiger partial charge in [0.1, 0.15) is 0 Å². The number of rotatable bonds is 0. The topological polar surface area (TPSA) is 0 Å². The van der Waals surface area contributed by atoms with Gasteiger partial charge in [0, 0.05) is 11.8 Å². The van der Waals surface area contributed by atoms with Crippen molar-refractivity contribution in [2.24, 2.45) is 11.3 Å². The molecule has 0 aromatic heterocycles. The lowest BCUT2D eigenvalue weighted by molar-refractivity contribution is 0.0899. The molecule has 0 heterocycles. The van der Waals surface area contributed by atoms with Crippen LogP contribution in [-0.4, -0.2) is 5.92 Å². The molecule has 2 fully saturated rings. The van der Waals surface area contributed by atoms with Crippen LogP contribution in [-0.2, 0) is 0 Å². The van der Waals surface area contributed by atoms with E-state index in [-0.39, 0.29) is 6.42 Å². The van der Waals surface area contributed by atoms with E-state index in [2.05, 4.69) is 0 Å². The molecule has 0 N–H and O–H groups in total. The molecule has 0 radical (unpaired) electrons. The molecule has 0 bridgehead atoms. The average Bonchev–Trinajstić information content (AvgIpc) is 2.24. The highest BCUT2D eigenvalue weighted by molar-refractivity contribution is 5.22. The quantitative estimate of drug-likeness (QED) is 0.456. The Bertz CT molecular complexity index is 141. The maximum absolute atomic E-state index is 12.2. The van der Waals surface area contributed by atoms with Gasteiger partial charge < -0.3 is 0 Å². The van der Waals surface area contributed by atoms with E-state index in [1.165, 1.54) is 0 Å². The van der Waals surface area contributed by atoms with Crippen molar-refractivity contribution >= 4 is 0 Å². The molecule has 0 aromatic carbocycles. The summed E-state index contributed by atoms with van der Waals surface area (Å²) < 4.78 is 24.4. The summed E-state index contributed by atoms with van der Waals surface area (Å²) >= 11 is 0. The normalized spacial score (nSPS) is 56.6. The highest BCUT2D eigenvalue weighted by Gasteiger charge is 2.81. The van der Waals surface area contributed by atoms with Crippen molar-refractivity contribution in [1.29, 1.82) is 0 Å². The molecule has 2 unspecified atom stereocenters. The fraction of sp³-hybridized carbons (Fsp3) is 1.00. The number of hydrogen-bond donors (Lipinski definition) is 0. The zero-order valence-corrected chi connectivity index (χ0v) is 4.75. The van der Waals surface area contributed by atoms with Crippen molar-refractivity contribution in [1.82, 2.24) is 0 Å². The van der Waals surface area contributed by atoms with Crippen LogP contribution in [0.15, 0.2) is 0 Å². The van der Waals surface area contributed by atoms with Gasteiger partial charge in [0.15, 0.2) is 0 Å². The van der Waals surface area contributed by atoms with Crippen LogP contribution in [0.5, 0.6) is 0 Å². The fourth-order valence-corrected chi connectivity index (χ4v) is 1.60. The fourth-order valence-electron chi connectivity index (χ4n) is 1.60. The highest BCUT2D eigenvalue weighted by atomic mass is 19.3. The van der Waals surface area contributed by atoms with Crippen LogP contribution in [0.1, 0.15) is 19.8 Å². The lowest BCUT2D eigenvalue weighted by Crippen LogP contribution is -1.93. The summed E-state index contributed by atoms with van der Waals surface area (Å²) in [6.07, 6.45) is 0.932. The Morgan fingerprint density at radius 2 is 1.88 bits per heavy atom. The molecule has 2 atom stereocenters. The largest absolute Gasteiger partial charge is 0.254 e. The third-order valence-corrected chi connectivity index (χ3v) is 2.59. The Hall–Kier alpha value is -0.140. The Kier molecular flexibility index (Phi) is 0.488. The van der Waals surface area contributed by atoms with E-state index in [4.69, 9.17) is 0 Å². The minimum Gasteiger partial charge on any atom is -0.206 e. The Morgan fingerprint density at radius 3 is 1.88 bits per heavy atom. The summed E-state index contributed by atoms with van der Waals surface area (Å²) in [5, 5.41) is 0. The zero-order valence-electron chi connectivity index (χ0n) is 4.75. The maximum Gasteiger partial charge on any atom is 0.254 e. The van der Waals surface area contributed by atoms with E-state index < -0.39 is 11.3 Å². The molecule has 2 aliphatic rings. The smallest absolute Gasteiger partial charge is 0.206 e. The van der Waals surface area contributed by atoms with Crippen molar-refractivity contribution in [3.8, 4) is 0 Å².